The first-order chi connectivity index (χ1) is 8.26. The highest BCUT2D eigenvalue weighted by Crippen LogP contribution is 2.34. The highest BCUT2D eigenvalue weighted by Gasteiger charge is 2.21. The molecular weight excluding hydrogens is 218 g/mol. The van der Waals surface area contributed by atoms with Crippen LogP contribution in [0.4, 0.5) is 0 Å². The highest BCUT2D eigenvalue weighted by molar-refractivity contribution is 5.47. The number of methoxy groups -OCH3 is 2. The molecule has 2 rings (SSSR count). The Bertz CT molecular complexity index is 386. The van der Waals surface area contributed by atoms with Crippen LogP contribution in [0.2, 0.25) is 0 Å². The van der Waals surface area contributed by atoms with Crippen LogP contribution in [0.5, 0.6) is 11.5 Å². The molecule has 4 heteroatoms. The second-order valence-electron chi connectivity index (χ2n) is 4.13. The molecule has 1 aliphatic heterocycles. The van der Waals surface area contributed by atoms with Crippen molar-refractivity contribution in [3.8, 4) is 11.5 Å². The van der Waals surface area contributed by atoms with Crippen LogP contribution in [-0.2, 0) is 4.74 Å². The van der Waals surface area contributed by atoms with Crippen LogP contribution in [-0.4, -0.2) is 33.9 Å². The Labute approximate surface area is 102 Å². The molecule has 1 saturated heterocycles. The van der Waals surface area contributed by atoms with Gasteiger partial charge in [-0.1, -0.05) is 0 Å². The Hall–Kier alpha value is -1.26. The summed E-state index contributed by atoms with van der Waals surface area (Å²) in [6.07, 6.45) is 0.0354. The number of benzene rings is 1. The van der Waals surface area contributed by atoms with E-state index in [1.54, 1.807) is 14.2 Å². The van der Waals surface area contributed by atoms with Crippen molar-refractivity contribution in [3.63, 3.8) is 0 Å². The zero-order chi connectivity index (χ0) is 12.3. The molecule has 94 valence electrons. The smallest absolute Gasteiger partial charge is 0.125 e. The van der Waals surface area contributed by atoms with E-state index in [1.807, 2.05) is 19.1 Å². The van der Waals surface area contributed by atoms with E-state index in [-0.39, 0.29) is 6.10 Å². The number of morpholine rings is 1. The molecule has 1 heterocycles. The van der Waals surface area contributed by atoms with Gasteiger partial charge in [-0.25, -0.2) is 0 Å². The number of aryl methyl sites for hydroxylation is 1. The van der Waals surface area contributed by atoms with Crippen LogP contribution in [0.25, 0.3) is 0 Å². The minimum atomic E-state index is 0.0354. The summed E-state index contributed by atoms with van der Waals surface area (Å²) in [4.78, 5) is 0. The molecule has 1 atom stereocenters. The topological polar surface area (TPSA) is 39.7 Å². The van der Waals surface area contributed by atoms with Crippen molar-refractivity contribution in [2.24, 2.45) is 0 Å². The first-order valence-corrected chi connectivity index (χ1v) is 5.81. The third kappa shape index (κ3) is 2.53. The number of rotatable bonds is 3. The van der Waals surface area contributed by atoms with Gasteiger partial charge in [-0.3, -0.25) is 0 Å². The summed E-state index contributed by atoms with van der Waals surface area (Å²) >= 11 is 0. The summed E-state index contributed by atoms with van der Waals surface area (Å²) in [5.74, 6) is 1.73. The van der Waals surface area contributed by atoms with Crippen molar-refractivity contribution in [2.75, 3.05) is 33.9 Å². The zero-order valence-electron chi connectivity index (χ0n) is 10.6. The van der Waals surface area contributed by atoms with Gasteiger partial charge in [0.2, 0.25) is 0 Å². The van der Waals surface area contributed by atoms with Crippen molar-refractivity contribution >= 4 is 0 Å². The van der Waals surface area contributed by atoms with Crippen LogP contribution in [0, 0.1) is 6.92 Å². The molecule has 17 heavy (non-hydrogen) atoms. The lowest BCUT2D eigenvalue weighted by Gasteiger charge is -2.26. The molecule has 1 aromatic carbocycles. The van der Waals surface area contributed by atoms with E-state index >= 15 is 0 Å². The van der Waals surface area contributed by atoms with Gasteiger partial charge in [0, 0.05) is 18.7 Å². The maximum Gasteiger partial charge on any atom is 0.125 e. The molecule has 0 radical (unpaired) electrons. The third-order valence-corrected chi connectivity index (χ3v) is 3.02. The second kappa shape index (κ2) is 5.38. The van der Waals surface area contributed by atoms with E-state index in [2.05, 4.69) is 5.32 Å². The lowest BCUT2D eigenvalue weighted by molar-refractivity contribution is 0.0261. The summed E-state index contributed by atoms with van der Waals surface area (Å²) in [5, 5.41) is 3.32. The van der Waals surface area contributed by atoms with E-state index in [1.165, 1.54) is 0 Å². The van der Waals surface area contributed by atoms with Crippen molar-refractivity contribution in [3.05, 3.63) is 23.3 Å². The molecule has 1 aliphatic rings. The summed E-state index contributed by atoms with van der Waals surface area (Å²) in [6.45, 7) is 4.44. The van der Waals surface area contributed by atoms with Crippen molar-refractivity contribution in [1.82, 2.24) is 5.32 Å². The van der Waals surface area contributed by atoms with Gasteiger partial charge >= 0.3 is 0 Å². The zero-order valence-corrected chi connectivity index (χ0v) is 10.6. The minimum absolute atomic E-state index is 0.0354. The summed E-state index contributed by atoms with van der Waals surface area (Å²) < 4.78 is 16.5. The van der Waals surface area contributed by atoms with E-state index in [0.29, 0.717) is 0 Å². The predicted octanol–water partition coefficient (Wildman–Crippen LogP) is 1.67. The highest BCUT2D eigenvalue weighted by atomic mass is 16.5. The maximum atomic E-state index is 5.75. The monoisotopic (exact) mass is 237 g/mol. The van der Waals surface area contributed by atoms with Crippen molar-refractivity contribution in [1.29, 1.82) is 0 Å². The minimum Gasteiger partial charge on any atom is -0.496 e. The standard InChI is InChI=1S/C13H19NO3/c1-9-6-12(16-3)10(7-11(9)15-2)13-8-14-4-5-17-13/h6-7,13-14H,4-5,8H2,1-3H3. The van der Waals surface area contributed by atoms with E-state index in [4.69, 9.17) is 14.2 Å². The number of hydrogen-bond acceptors (Lipinski definition) is 4. The number of ether oxygens (including phenoxy) is 3. The Kier molecular flexibility index (Phi) is 3.86. The van der Waals surface area contributed by atoms with Gasteiger partial charge in [0.15, 0.2) is 0 Å². The fourth-order valence-corrected chi connectivity index (χ4v) is 2.09. The average molecular weight is 237 g/mol. The first-order valence-electron chi connectivity index (χ1n) is 5.81. The van der Waals surface area contributed by atoms with Gasteiger partial charge in [-0.2, -0.15) is 0 Å². The number of hydrogen-bond donors (Lipinski definition) is 1. The lowest BCUT2D eigenvalue weighted by atomic mass is 10.0. The molecular formula is C13H19NO3. The molecule has 0 spiro atoms. The maximum absolute atomic E-state index is 5.75. The SMILES string of the molecule is COc1cc(C2CNCCO2)c(OC)cc1C. The van der Waals surface area contributed by atoms with Gasteiger partial charge in [0.05, 0.1) is 26.9 Å². The Balaban J connectivity index is 2.35. The molecule has 1 unspecified atom stereocenters. The Morgan fingerprint density at radius 2 is 2.00 bits per heavy atom. The largest absolute Gasteiger partial charge is 0.496 e. The number of nitrogens with one attached hydrogen (secondary N) is 1. The molecule has 0 aliphatic carbocycles. The summed E-state index contributed by atoms with van der Waals surface area (Å²) in [5.41, 5.74) is 2.11. The van der Waals surface area contributed by atoms with Gasteiger partial charge in [0.1, 0.15) is 11.5 Å². The third-order valence-electron chi connectivity index (χ3n) is 3.02. The lowest BCUT2D eigenvalue weighted by Crippen LogP contribution is -2.33. The molecule has 0 aromatic heterocycles. The van der Waals surface area contributed by atoms with Gasteiger partial charge in [-0.05, 0) is 24.6 Å². The van der Waals surface area contributed by atoms with Crippen LogP contribution >= 0.6 is 0 Å². The van der Waals surface area contributed by atoms with Crippen LogP contribution < -0.4 is 14.8 Å². The van der Waals surface area contributed by atoms with Gasteiger partial charge in [-0.15, -0.1) is 0 Å². The Morgan fingerprint density at radius 1 is 1.24 bits per heavy atom. The molecule has 0 saturated carbocycles. The average Bonchev–Trinajstić information content (AvgIpc) is 2.39. The normalized spacial score (nSPS) is 20.1. The molecule has 1 fully saturated rings. The first kappa shape index (κ1) is 12.2. The summed E-state index contributed by atoms with van der Waals surface area (Å²) in [7, 11) is 3.36. The fourth-order valence-electron chi connectivity index (χ4n) is 2.09. The Morgan fingerprint density at radius 3 is 2.59 bits per heavy atom. The summed E-state index contributed by atoms with van der Waals surface area (Å²) in [6, 6.07) is 4.00. The van der Waals surface area contributed by atoms with Gasteiger partial charge in [0.25, 0.3) is 0 Å². The predicted molar refractivity (Wildman–Crippen MR) is 65.8 cm³/mol. The quantitative estimate of drug-likeness (QED) is 0.868. The van der Waals surface area contributed by atoms with E-state index in [0.717, 1.165) is 42.3 Å². The molecule has 4 nitrogen and oxygen atoms in total. The van der Waals surface area contributed by atoms with E-state index < -0.39 is 0 Å². The van der Waals surface area contributed by atoms with Crippen molar-refractivity contribution < 1.29 is 14.2 Å². The van der Waals surface area contributed by atoms with Crippen molar-refractivity contribution in [2.45, 2.75) is 13.0 Å². The molecule has 0 amide bonds. The molecule has 0 bridgehead atoms. The second-order valence-corrected chi connectivity index (χ2v) is 4.13. The molecule has 1 N–H and O–H groups in total. The fraction of sp³-hybridized carbons (Fsp3) is 0.538. The van der Waals surface area contributed by atoms with Crippen LogP contribution in [0.3, 0.4) is 0 Å². The van der Waals surface area contributed by atoms with Gasteiger partial charge < -0.3 is 19.5 Å². The molecule has 1 aromatic rings. The van der Waals surface area contributed by atoms with Crippen LogP contribution in [0.15, 0.2) is 12.1 Å². The van der Waals surface area contributed by atoms with E-state index in [9.17, 15) is 0 Å². The van der Waals surface area contributed by atoms with Crippen LogP contribution in [0.1, 0.15) is 17.2 Å².